The summed E-state index contributed by atoms with van der Waals surface area (Å²) < 4.78 is 3.48. The average molecular weight is 311 g/mol. The molecule has 1 saturated carbocycles. The summed E-state index contributed by atoms with van der Waals surface area (Å²) in [6, 6.07) is 8.52. The second-order valence-corrected chi connectivity index (χ2v) is 6.78. The maximum Gasteiger partial charge on any atom is 0.261 e. The average Bonchev–Trinajstić information content (AvgIpc) is 3.18. The number of carbonyl (C=O) groups is 1. The van der Waals surface area contributed by atoms with E-state index in [-0.39, 0.29) is 5.91 Å². The maximum atomic E-state index is 12.2. The smallest absolute Gasteiger partial charge is 0.261 e. The molecule has 0 radical (unpaired) electrons. The molecule has 4 nitrogen and oxygen atoms in total. The minimum absolute atomic E-state index is 0.00935. The van der Waals surface area contributed by atoms with Crippen LogP contribution in [0.5, 0.6) is 0 Å². The summed E-state index contributed by atoms with van der Waals surface area (Å²) in [6.07, 6.45) is 9.42. The molecule has 0 aliphatic heterocycles. The number of rotatable bonds is 5. The molecule has 3 aromatic rings. The summed E-state index contributed by atoms with van der Waals surface area (Å²) in [5.74, 6) is 0.00935. The van der Waals surface area contributed by atoms with Crippen LogP contribution in [0.15, 0.2) is 42.9 Å². The first-order chi connectivity index (χ1) is 10.8. The van der Waals surface area contributed by atoms with Gasteiger partial charge < -0.3 is 9.88 Å². The molecule has 4 rings (SSSR count). The van der Waals surface area contributed by atoms with Crippen molar-refractivity contribution < 1.29 is 4.79 Å². The number of hydrogen-bond donors (Lipinski definition) is 1. The zero-order valence-corrected chi connectivity index (χ0v) is 13.0. The van der Waals surface area contributed by atoms with Crippen molar-refractivity contribution >= 4 is 27.3 Å². The minimum atomic E-state index is 0.00935. The van der Waals surface area contributed by atoms with E-state index in [0.29, 0.717) is 12.6 Å². The molecule has 0 unspecified atom stereocenters. The van der Waals surface area contributed by atoms with E-state index in [9.17, 15) is 4.79 Å². The Labute approximate surface area is 132 Å². The van der Waals surface area contributed by atoms with Crippen LogP contribution in [0.4, 0.5) is 0 Å². The number of thiophene rings is 1. The molecule has 0 saturated heterocycles. The van der Waals surface area contributed by atoms with Crippen molar-refractivity contribution in [2.45, 2.75) is 25.3 Å². The summed E-state index contributed by atoms with van der Waals surface area (Å²) in [5, 5.41) is 4.15. The summed E-state index contributed by atoms with van der Waals surface area (Å²) in [4.78, 5) is 17.2. The highest BCUT2D eigenvalue weighted by Crippen LogP contribution is 2.38. The van der Waals surface area contributed by atoms with Gasteiger partial charge in [0, 0.05) is 48.7 Å². The Hall–Kier alpha value is -2.14. The van der Waals surface area contributed by atoms with E-state index in [2.05, 4.69) is 27.3 Å². The predicted octanol–water partition coefficient (Wildman–Crippen LogP) is 3.41. The SMILES string of the molecule is O=C(NCCc1ccccn1)c1cc2cn(C3CC3)cc2s1. The first kappa shape index (κ1) is 13.5. The molecule has 0 aromatic carbocycles. The molecule has 1 amide bonds. The van der Waals surface area contributed by atoms with E-state index < -0.39 is 0 Å². The third-order valence-corrected chi connectivity index (χ3v) is 5.01. The van der Waals surface area contributed by atoms with Crippen LogP contribution in [0.25, 0.3) is 10.1 Å². The Morgan fingerprint density at radius 1 is 1.36 bits per heavy atom. The fourth-order valence-corrected chi connectivity index (χ4v) is 3.58. The van der Waals surface area contributed by atoms with Gasteiger partial charge in [-0.3, -0.25) is 9.78 Å². The van der Waals surface area contributed by atoms with E-state index in [1.807, 2.05) is 24.3 Å². The number of carbonyl (C=O) groups excluding carboxylic acids is 1. The van der Waals surface area contributed by atoms with Gasteiger partial charge in [0.15, 0.2) is 0 Å². The van der Waals surface area contributed by atoms with Gasteiger partial charge in [0.1, 0.15) is 0 Å². The van der Waals surface area contributed by atoms with Crippen LogP contribution < -0.4 is 5.32 Å². The van der Waals surface area contributed by atoms with Crippen LogP contribution in [-0.2, 0) is 6.42 Å². The summed E-state index contributed by atoms with van der Waals surface area (Å²) in [7, 11) is 0. The standard InChI is InChI=1S/C17H17N3OS/c21-17(19-8-6-13-3-1-2-7-18-13)15-9-12-10-20(14-4-5-14)11-16(12)22-15/h1-3,7,9-11,14H,4-6,8H2,(H,19,21). The van der Waals surface area contributed by atoms with Gasteiger partial charge >= 0.3 is 0 Å². The number of fused-ring (bicyclic) bond motifs is 1. The third kappa shape index (κ3) is 2.76. The Bertz CT molecular complexity index is 770. The monoisotopic (exact) mass is 311 g/mol. The van der Waals surface area contributed by atoms with Crippen LogP contribution >= 0.6 is 11.3 Å². The van der Waals surface area contributed by atoms with Crippen LogP contribution in [0.2, 0.25) is 0 Å². The molecule has 3 aromatic heterocycles. The molecule has 1 N–H and O–H groups in total. The van der Waals surface area contributed by atoms with Gasteiger partial charge in [-0.1, -0.05) is 6.07 Å². The zero-order valence-electron chi connectivity index (χ0n) is 12.2. The zero-order chi connectivity index (χ0) is 14.9. The van der Waals surface area contributed by atoms with Gasteiger partial charge in [-0.2, -0.15) is 0 Å². The Kier molecular flexibility index (Phi) is 3.42. The Balaban J connectivity index is 1.38. The van der Waals surface area contributed by atoms with Crippen molar-refractivity contribution in [1.29, 1.82) is 0 Å². The lowest BCUT2D eigenvalue weighted by molar-refractivity contribution is 0.0958. The Morgan fingerprint density at radius 3 is 3.00 bits per heavy atom. The largest absolute Gasteiger partial charge is 0.351 e. The number of pyridine rings is 1. The molecule has 0 bridgehead atoms. The molecule has 5 heteroatoms. The topological polar surface area (TPSA) is 46.9 Å². The summed E-state index contributed by atoms with van der Waals surface area (Å²) in [6.45, 7) is 0.611. The van der Waals surface area contributed by atoms with E-state index in [1.165, 1.54) is 22.9 Å². The lowest BCUT2D eigenvalue weighted by Crippen LogP contribution is -2.25. The molecular formula is C17H17N3OS. The molecule has 1 aliphatic carbocycles. The van der Waals surface area contributed by atoms with Gasteiger partial charge in [-0.05, 0) is 31.0 Å². The Morgan fingerprint density at radius 2 is 2.27 bits per heavy atom. The van der Waals surface area contributed by atoms with Gasteiger partial charge in [0.05, 0.1) is 9.58 Å². The van der Waals surface area contributed by atoms with E-state index >= 15 is 0 Å². The van der Waals surface area contributed by atoms with Crippen molar-refractivity contribution in [3.05, 3.63) is 53.4 Å². The van der Waals surface area contributed by atoms with Gasteiger partial charge in [-0.25, -0.2) is 0 Å². The third-order valence-electron chi connectivity index (χ3n) is 3.93. The minimum Gasteiger partial charge on any atom is -0.351 e. The number of amides is 1. The van der Waals surface area contributed by atoms with Crippen molar-refractivity contribution in [2.75, 3.05) is 6.54 Å². The van der Waals surface area contributed by atoms with Crippen LogP contribution in [0.3, 0.4) is 0 Å². The molecule has 3 heterocycles. The van der Waals surface area contributed by atoms with E-state index in [4.69, 9.17) is 0 Å². The van der Waals surface area contributed by atoms with Crippen molar-refractivity contribution in [2.24, 2.45) is 0 Å². The van der Waals surface area contributed by atoms with Crippen LogP contribution in [-0.4, -0.2) is 22.0 Å². The first-order valence-corrected chi connectivity index (χ1v) is 8.40. The molecular weight excluding hydrogens is 294 g/mol. The van der Waals surface area contributed by atoms with Gasteiger partial charge in [0.25, 0.3) is 5.91 Å². The second kappa shape index (κ2) is 5.57. The van der Waals surface area contributed by atoms with Crippen molar-refractivity contribution in [3.8, 4) is 0 Å². The lowest BCUT2D eigenvalue weighted by atomic mass is 10.2. The van der Waals surface area contributed by atoms with Gasteiger partial charge in [0.2, 0.25) is 0 Å². The second-order valence-electron chi connectivity index (χ2n) is 5.69. The lowest BCUT2D eigenvalue weighted by Gasteiger charge is -2.03. The fraction of sp³-hybridized carbons (Fsp3) is 0.294. The normalized spacial score (nSPS) is 14.4. The van der Waals surface area contributed by atoms with Gasteiger partial charge in [-0.15, -0.1) is 11.3 Å². The molecule has 0 atom stereocenters. The molecule has 1 aliphatic rings. The number of hydrogen-bond acceptors (Lipinski definition) is 3. The maximum absolute atomic E-state index is 12.2. The molecule has 22 heavy (non-hydrogen) atoms. The predicted molar refractivity (Wildman–Crippen MR) is 88.4 cm³/mol. The van der Waals surface area contributed by atoms with Crippen LogP contribution in [0, 0.1) is 0 Å². The van der Waals surface area contributed by atoms with Crippen molar-refractivity contribution in [1.82, 2.24) is 14.9 Å². The van der Waals surface area contributed by atoms with Crippen molar-refractivity contribution in [3.63, 3.8) is 0 Å². The highest BCUT2D eigenvalue weighted by atomic mass is 32.1. The molecule has 112 valence electrons. The number of aromatic nitrogens is 2. The van der Waals surface area contributed by atoms with E-state index in [1.54, 1.807) is 17.5 Å². The molecule has 0 spiro atoms. The first-order valence-electron chi connectivity index (χ1n) is 7.59. The number of nitrogens with one attached hydrogen (secondary N) is 1. The fourth-order valence-electron chi connectivity index (χ4n) is 2.59. The van der Waals surface area contributed by atoms with Crippen LogP contribution in [0.1, 0.15) is 34.2 Å². The summed E-state index contributed by atoms with van der Waals surface area (Å²) >= 11 is 1.57. The summed E-state index contributed by atoms with van der Waals surface area (Å²) in [5.41, 5.74) is 0.998. The number of nitrogens with zero attached hydrogens (tertiary/aromatic N) is 2. The highest BCUT2D eigenvalue weighted by molar-refractivity contribution is 7.20. The van der Waals surface area contributed by atoms with E-state index in [0.717, 1.165) is 17.0 Å². The highest BCUT2D eigenvalue weighted by Gasteiger charge is 2.23. The quantitative estimate of drug-likeness (QED) is 0.785. The molecule has 1 fully saturated rings.